The van der Waals surface area contributed by atoms with E-state index in [0.717, 1.165) is 17.4 Å². The van der Waals surface area contributed by atoms with Gasteiger partial charge in [0.25, 0.3) is 5.91 Å². The summed E-state index contributed by atoms with van der Waals surface area (Å²) in [7, 11) is 0. The average Bonchev–Trinajstić information content (AvgIpc) is 3.12. The van der Waals surface area contributed by atoms with Gasteiger partial charge in [0.05, 0.1) is 11.6 Å². The summed E-state index contributed by atoms with van der Waals surface area (Å²) in [5.74, 6) is -1.48. The molecule has 1 aliphatic rings. The van der Waals surface area contributed by atoms with Crippen LogP contribution in [-0.4, -0.2) is 34.8 Å². The fraction of sp³-hybridized carbons (Fsp3) is 0.588. The number of rotatable bonds is 5. The smallest absolute Gasteiger partial charge is 0.406 e. The molecule has 0 spiro atoms. The first-order valence-electron chi connectivity index (χ1n) is 8.20. The Morgan fingerprint density at radius 3 is 2.50 bits per heavy atom. The van der Waals surface area contributed by atoms with E-state index in [-0.39, 0.29) is 17.0 Å². The molecule has 1 aromatic heterocycles. The number of hydrogen-bond acceptors (Lipinski definition) is 4. The van der Waals surface area contributed by atoms with Crippen LogP contribution in [0.1, 0.15) is 47.4 Å². The molecule has 0 aliphatic heterocycles. The average molecular weight is 371 g/mol. The lowest BCUT2D eigenvalue weighted by atomic mass is 10.00. The van der Waals surface area contributed by atoms with Gasteiger partial charge in [-0.1, -0.05) is 0 Å². The lowest BCUT2D eigenvalue weighted by molar-refractivity contribution is -0.141. The van der Waals surface area contributed by atoms with Crippen LogP contribution in [0.25, 0.3) is 0 Å². The molecule has 1 heterocycles. The van der Waals surface area contributed by atoms with Crippen LogP contribution in [0, 0.1) is 25.2 Å². The molecular weight excluding hydrogens is 351 g/mol. The summed E-state index contributed by atoms with van der Waals surface area (Å²) in [4.78, 5) is 24.1. The highest BCUT2D eigenvalue weighted by molar-refractivity contribution is 5.92. The van der Waals surface area contributed by atoms with Crippen LogP contribution in [0.4, 0.5) is 13.2 Å². The quantitative estimate of drug-likeness (QED) is 0.807. The number of hydrogen-bond donors (Lipinski definition) is 1. The van der Waals surface area contributed by atoms with Crippen LogP contribution in [-0.2, 0) is 16.1 Å². The fourth-order valence-corrected chi connectivity index (χ4v) is 3.19. The Morgan fingerprint density at radius 1 is 1.35 bits per heavy atom. The van der Waals surface area contributed by atoms with Gasteiger partial charge in [0.15, 0.2) is 6.61 Å². The van der Waals surface area contributed by atoms with Gasteiger partial charge in [-0.25, -0.2) is 4.79 Å². The molecule has 0 bridgehead atoms. The molecule has 2 rings (SSSR count). The van der Waals surface area contributed by atoms with Crippen molar-refractivity contribution in [1.82, 2.24) is 9.88 Å². The van der Waals surface area contributed by atoms with E-state index in [4.69, 9.17) is 4.74 Å². The number of nitrogens with one attached hydrogen (secondary N) is 1. The number of carbonyl (C=O) groups is 2. The number of aryl methyl sites for hydroxylation is 1. The monoisotopic (exact) mass is 371 g/mol. The van der Waals surface area contributed by atoms with Crippen molar-refractivity contribution >= 4 is 11.9 Å². The van der Waals surface area contributed by atoms with Crippen molar-refractivity contribution < 1.29 is 27.5 Å². The first kappa shape index (κ1) is 19.8. The topological polar surface area (TPSA) is 84.1 Å². The van der Waals surface area contributed by atoms with Crippen molar-refractivity contribution in [3.8, 4) is 6.07 Å². The second kappa shape index (κ2) is 7.40. The number of nitriles is 1. The standard InChI is InChI=1S/C17H20F3N3O3/c1-11-7-13(12(2)23(11)10-17(18,19)20)15(25)26-8-14(24)22-16(9-21)5-3-4-6-16/h7H,3-6,8,10H2,1-2H3,(H,22,24). The fourth-order valence-electron chi connectivity index (χ4n) is 3.19. The molecule has 0 unspecified atom stereocenters. The highest BCUT2D eigenvalue weighted by Crippen LogP contribution is 2.28. The van der Waals surface area contributed by atoms with Crippen LogP contribution in [0.15, 0.2) is 6.07 Å². The van der Waals surface area contributed by atoms with Crippen LogP contribution in [0.3, 0.4) is 0 Å². The molecule has 6 nitrogen and oxygen atoms in total. The van der Waals surface area contributed by atoms with E-state index < -0.39 is 36.7 Å². The molecule has 0 saturated heterocycles. The van der Waals surface area contributed by atoms with Gasteiger partial charge in [0, 0.05) is 11.4 Å². The molecule has 1 fully saturated rings. The van der Waals surface area contributed by atoms with Gasteiger partial charge in [-0.2, -0.15) is 18.4 Å². The second-order valence-electron chi connectivity index (χ2n) is 6.51. The third kappa shape index (κ3) is 4.56. The number of alkyl halides is 3. The van der Waals surface area contributed by atoms with Crippen LogP contribution >= 0.6 is 0 Å². The van der Waals surface area contributed by atoms with E-state index in [0.29, 0.717) is 12.8 Å². The molecule has 0 atom stereocenters. The summed E-state index contributed by atoms with van der Waals surface area (Å²) < 4.78 is 43.7. The van der Waals surface area contributed by atoms with E-state index in [9.17, 15) is 28.0 Å². The minimum atomic E-state index is -4.41. The molecule has 142 valence electrons. The van der Waals surface area contributed by atoms with Crippen molar-refractivity contribution in [2.24, 2.45) is 0 Å². The zero-order valence-electron chi connectivity index (χ0n) is 14.6. The lowest BCUT2D eigenvalue weighted by Crippen LogP contribution is -2.46. The maximum atomic E-state index is 12.6. The lowest BCUT2D eigenvalue weighted by Gasteiger charge is -2.21. The molecule has 0 radical (unpaired) electrons. The van der Waals surface area contributed by atoms with Crippen molar-refractivity contribution in [3.05, 3.63) is 23.0 Å². The number of amides is 1. The van der Waals surface area contributed by atoms with Gasteiger partial charge in [-0.05, 0) is 45.6 Å². The molecule has 0 aromatic carbocycles. The third-order valence-corrected chi connectivity index (χ3v) is 4.52. The van der Waals surface area contributed by atoms with Crippen LogP contribution in [0.5, 0.6) is 0 Å². The van der Waals surface area contributed by atoms with E-state index in [1.807, 2.05) is 0 Å². The summed E-state index contributed by atoms with van der Waals surface area (Å²) in [6.45, 7) is 1.05. The van der Waals surface area contributed by atoms with Gasteiger partial charge >= 0.3 is 12.1 Å². The second-order valence-corrected chi connectivity index (χ2v) is 6.51. The Hall–Kier alpha value is -2.50. The number of aromatic nitrogens is 1. The molecule has 26 heavy (non-hydrogen) atoms. The number of ether oxygens (including phenoxy) is 1. The Balaban J connectivity index is 1.99. The normalized spacial score (nSPS) is 16.2. The van der Waals surface area contributed by atoms with Crippen LogP contribution in [0.2, 0.25) is 0 Å². The SMILES string of the molecule is Cc1cc(C(=O)OCC(=O)NC2(C#N)CCCC2)c(C)n1CC(F)(F)F. The van der Waals surface area contributed by atoms with E-state index in [2.05, 4.69) is 11.4 Å². The zero-order chi connectivity index (χ0) is 19.5. The summed E-state index contributed by atoms with van der Waals surface area (Å²) in [6, 6.07) is 3.39. The predicted molar refractivity (Wildman–Crippen MR) is 85.2 cm³/mol. The maximum Gasteiger partial charge on any atom is 0.406 e. The van der Waals surface area contributed by atoms with Gasteiger partial charge in [0.1, 0.15) is 12.1 Å². The molecule has 1 aliphatic carbocycles. The largest absolute Gasteiger partial charge is 0.452 e. The first-order chi connectivity index (χ1) is 12.1. The van der Waals surface area contributed by atoms with Gasteiger partial charge in [-0.3, -0.25) is 4.79 Å². The van der Waals surface area contributed by atoms with E-state index >= 15 is 0 Å². The summed E-state index contributed by atoms with van der Waals surface area (Å²) >= 11 is 0. The Morgan fingerprint density at radius 2 is 1.96 bits per heavy atom. The number of nitrogens with zero attached hydrogens (tertiary/aromatic N) is 2. The van der Waals surface area contributed by atoms with Crippen molar-refractivity contribution in [1.29, 1.82) is 5.26 Å². The summed E-state index contributed by atoms with van der Waals surface area (Å²) in [6.07, 6.45) is -1.66. The minimum Gasteiger partial charge on any atom is -0.452 e. The molecular formula is C17H20F3N3O3. The van der Waals surface area contributed by atoms with Crippen molar-refractivity contribution in [2.75, 3.05) is 6.61 Å². The number of esters is 1. The minimum absolute atomic E-state index is 0.0181. The first-order valence-corrected chi connectivity index (χ1v) is 8.20. The van der Waals surface area contributed by atoms with E-state index in [1.54, 1.807) is 0 Å². The van der Waals surface area contributed by atoms with Gasteiger partial charge in [0.2, 0.25) is 0 Å². The number of halogens is 3. The highest BCUT2D eigenvalue weighted by atomic mass is 19.4. The molecule has 9 heteroatoms. The molecule has 1 amide bonds. The zero-order valence-corrected chi connectivity index (χ0v) is 14.6. The van der Waals surface area contributed by atoms with Crippen molar-refractivity contribution in [3.63, 3.8) is 0 Å². The number of carbonyl (C=O) groups excluding carboxylic acids is 2. The molecule has 1 aromatic rings. The van der Waals surface area contributed by atoms with Gasteiger partial charge in [-0.15, -0.1) is 0 Å². The molecule has 1 saturated carbocycles. The van der Waals surface area contributed by atoms with Gasteiger partial charge < -0.3 is 14.6 Å². The van der Waals surface area contributed by atoms with Crippen LogP contribution < -0.4 is 5.32 Å². The Kier molecular flexibility index (Phi) is 5.64. The maximum absolute atomic E-state index is 12.6. The highest BCUT2D eigenvalue weighted by Gasteiger charge is 2.35. The van der Waals surface area contributed by atoms with Crippen molar-refractivity contribution in [2.45, 2.75) is 57.8 Å². The molecule has 1 N–H and O–H groups in total. The Labute approximate surface area is 148 Å². The summed E-state index contributed by atoms with van der Waals surface area (Å²) in [5, 5.41) is 11.8. The third-order valence-electron chi connectivity index (χ3n) is 4.52. The van der Waals surface area contributed by atoms with E-state index in [1.165, 1.54) is 19.9 Å². The predicted octanol–water partition coefficient (Wildman–Crippen LogP) is 2.78. The Bertz CT molecular complexity index is 741. The summed E-state index contributed by atoms with van der Waals surface area (Å²) in [5.41, 5.74) is -0.554.